The van der Waals surface area contributed by atoms with Crippen LogP contribution in [-0.2, 0) is 13.1 Å². The second-order valence-corrected chi connectivity index (χ2v) is 7.47. The molecule has 0 fully saturated rings. The van der Waals surface area contributed by atoms with Gasteiger partial charge >= 0.3 is 0 Å². The number of carbonyl (C=O) groups is 1. The summed E-state index contributed by atoms with van der Waals surface area (Å²) in [6.07, 6.45) is 3.66. The second kappa shape index (κ2) is 8.67. The van der Waals surface area contributed by atoms with Crippen LogP contribution in [0, 0.1) is 6.92 Å². The summed E-state index contributed by atoms with van der Waals surface area (Å²) in [7, 11) is 0. The summed E-state index contributed by atoms with van der Waals surface area (Å²) < 4.78 is 1.84. The van der Waals surface area contributed by atoms with Crippen LogP contribution in [0.5, 0.6) is 0 Å². The number of likely N-dealkylation sites (N-methyl/N-ethyl adjacent to an activating group) is 1. The predicted octanol–water partition coefficient (Wildman–Crippen LogP) is 4.03. The lowest BCUT2D eigenvalue weighted by Gasteiger charge is -2.21. The van der Waals surface area contributed by atoms with Crippen molar-refractivity contribution in [2.24, 2.45) is 0 Å². The molecule has 3 aromatic rings. The van der Waals surface area contributed by atoms with Gasteiger partial charge in [-0.25, -0.2) is 0 Å². The fourth-order valence-electron chi connectivity index (χ4n) is 2.77. The molecule has 2 aromatic heterocycles. The van der Waals surface area contributed by atoms with Gasteiger partial charge in [0, 0.05) is 53.0 Å². The van der Waals surface area contributed by atoms with E-state index < -0.39 is 0 Å². The van der Waals surface area contributed by atoms with E-state index in [1.54, 1.807) is 17.5 Å². The van der Waals surface area contributed by atoms with E-state index in [0.717, 1.165) is 12.2 Å². The maximum absolute atomic E-state index is 12.8. The summed E-state index contributed by atoms with van der Waals surface area (Å²) in [5, 5.41) is 7.60. The van der Waals surface area contributed by atoms with Crippen molar-refractivity contribution in [1.29, 1.82) is 0 Å². The first-order chi connectivity index (χ1) is 12.7. The summed E-state index contributed by atoms with van der Waals surface area (Å²) >= 11 is 1.79. The summed E-state index contributed by atoms with van der Waals surface area (Å²) in [5.41, 5.74) is 1.67. The minimum absolute atomic E-state index is 0.0512. The molecule has 0 aliphatic rings. The lowest BCUT2D eigenvalue weighted by atomic mass is 10.1. The number of nitrogens with one attached hydrogen (secondary N) is 1. The number of aromatic nitrogens is 2. The number of anilines is 1. The van der Waals surface area contributed by atoms with E-state index in [1.165, 1.54) is 9.75 Å². The molecule has 26 heavy (non-hydrogen) atoms. The normalized spacial score (nSPS) is 10.7. The number of benzene rings is 1. The molecule has 1 aromatic carbocycles. The van der Waals surface area contributed by atoms with Crippen molar-refractivity contribution in [1.82, 2.24) is 14.7 Å². The minimum atomic E-state index is 0.0512. The Hall–Kier alpha value is -2.60. The van der Waals surface area contributed by atoms with Crippen LogP contribution >= 0.6 is 11.3 Å². The van der Waals surface area contributed by atoms with Gasteiger partial charge in [-0.05, 0) is 50.2 Å². The highest BCUT2D eigenvalue weighted by Crippen LogP contribution is 2.18. The van der Waals surface area contributed by atoms with Crippen molar-refractivity contribution in [3.8, 4) is 0 Å². The van der Waals surface area contributed by atoms with Gasteiger partial charge in [0.25, 0.3) is 5.91 Å². The van der Waals surface area contributed by atoms with Crippen LogP contribution in [0.3, 0.4) is 0 Å². The molecule has 136 valence electrons. The van der Waals surface area contributed by atoms with Gasteiger partial charge in [-0.2, -0.15) is 5.10 Å². The monoisotopic (exact) mass is 368 g/mol. The highest BCUT2D eigenvalue weighted by Gasteiger charge is 2.14. The van der Waals surface area contributed by atoms with Crippen molar-refractivity contribution in [3.63, 3.8) is 0 Å². The Morgan fingerprint density at radius 2 is 2.15 bits per heavy atom. The summed E-state index contributed by atoms with van der Waals surface area (Å²) in [6.45, 7) is 6.89. The zero-order valence-corrected chi connectivity index (χ0v) is 16.0. The van der Waals surface area contributed by atoms with Gasteiger partial charge in [0.15, 0.2) is 0 Å². The third kappa shape index (κ3) is 4.73. The smallest absolute Gasteiger partial charge is 0.253 e. The number of nitrogens with zero attached hydrogens (tertiary/aromatic N) is 3. The van der Waals surface area contributed by atoms with Crippen molar-refractivity contribution in [3.05, 3.63) is 70.2 Å². The first-order valence-electron chi connectivity index (χ1n) is 8.81. The van der Waals surface area contributed by atoms with Crippen LogP contribution < -0.4 is 5.32 Å². The van der Waals surface area contributed by atoms with Gasteiger partial charge in [0.1, 0.15) is 0 Å². The largest absolute Gasteiger partial charge is 0.380 e. The number of thiophene rings is 1. The first kappa shape index (κ1) is 18.2. The molecule has 0 atom stereocenters. The molecule has 3 rings (SSSR count). The first-order valence-corrected chi connectivity index (χ1v) is 9.63. The van der Waals surface area contributed by atoms with Gasteiger partial charge in [-0.3, -0.25) is 9.48 Å². The highest BCUT2D eigenvalue weighted by molar-refractivity contribution is 7.11. The molecule has 0 aliphatic heterocycles. The zero-order chi connectivity index (χ0) is 18.4. The Kier molecular flexibility index (Phi) is 6.07. The minimum Gasteiger partial charge on any atom is -0.380 e. The van der Waals surface area contributed by atoms with Crippen LogP contribution in [0.2, 0.25) is 0 Å². The predicted molar refractivity (Wildman–Crippen MR) is 107 cm³/mol. The fourth-order valence-corrected chi connectivity index (χ4v) is 3.60. The molecular formula is C20H24N4OS. The average Bonchev–Trinajstić information content (AvgIpc) is 3.32. The third-order valence-corrected chi connectivity index (χ3v) is 5.20. The summed E-state index contributed by atoms with van der Waals surface area (Å²) in [4.78, 5) is 17.3. The second-order valence-electron chi connectivity index (χ2n) is 6.10. The molecular weight excluding hydrogens is 344 g/mol. The van der Waals surface area contributed by atoms with Crippen LogP contribution in [0.4, 0.5) is 5.69 Å². The van der Waals surface area contributed by atoms with Gasteiger partial charge < -0.3 is 10.2 Å². The SMILES string of the molecule is CCN(CCn1cccn1)C(=O)c1cccc(NCc2ccc(C)s2)c1. The van der Waals surface area contributed by atoms with Gasteiger partial charge in [-0.1, -0.05) is 6.07 Å². The number of hydrogen-bond donors (Lipinski definition) is 1. The molecule has 0 aliphatic carbocycles. The van der Waals surface area contributed by atoms with Crippen molar-refractivity contribution in [2.75, 3.05) is 18.4 Å². The topological polar surface area (TPSA) is 50.2 Å². The Bertz CT molecular complexity index is 841. The highest BCUT2D eigenvalue weighted by atomic mass is 32.1. The van der Waals surface area contributed by atoms with E-state index in [2.05, 4.69) is 29.5 Å². The number of aryl methyl sites for hydroxylation is 1. The molecule has 2 heterocycles. The van der Waals surface area contributed by atoms with Crippen molar-refractivity contribution >= 4 is 22.9 Å². The van der Waals surface area contributed by atoms with Crippen molar-refractivity contribution in [2.45, 2.75) is 26.9 Å². The number of rotatable bonds is 8. The van der Waals surface area contributed by atoms with Crippen LogP contribution in [0.1, 0.15) is 27.0 Å². The summed E-state index contributed by atoms with van der Waals surface area (Å²) in [5.74, 6) is 0.0512. The zero-order valence-electron chi connectivity index (χ0n) is 15.2. The van der Waals surface area contributed by atoms with E-state index in [1.807, 2.05) is 53.0 Å². The average molecular weight is 369 g/mol. The van der Waals surface area contributed by atoms with Gasteiger partial charge in [-0.15, -0.1) is 11.3 Å². The maximum Gasteiger partial charge on any atom is 0.253 e. The molecule has 0 saturated carbocycles. The Balaban J connectivity index is 1.62. The quantitative estimate of drug-likeness (QED) is 0.653. The molecule has 6 heteroatoms. The number of hydrogen-bond acceptors (Lipinski definition) is 4. The van der Waals surface area contributed by atoms with Crippen LogP contribution in [0.25, 0.3) is 0 Å². The van der Waals surface area contributed by atoms with E-state index in [4.69, 9.17) is 0 Å². The Morgan fingerprint density at radius 3 is 2.85 bits per heavy atom. The molecule has 5 nitrogen and oxygen atoms in total. The summed E-state index contributed by atoms with van der Waals surface area (Å²) in [6, 6.07) is 13.9. The molecule has 0 saturated heterocycles. The molecule has 0 bridgehead atoms. The molecule has 0 radical (unpaired) electrons. The lowest BCUT2D eigenvalue weighted by molar-refractivity contribution is 0.0757. The van der Waals surface area contributed by atoms with E-state index in [0.29, 0.717) is 25.2 Å². The Morgan fingerprint density at radius 1 is 1.27 bits per heavy atom. The molecule has 0 unspecified atom stereocenters. The number of amides is 1. The standard InChI is InChI=1S/C20H24N4OS/c1-3-23(12-13-24-11-5-10-22-24)20(25)17-6-4-7-18(14-17)21-15-19-9-8-16(2)26-19/h4-11,14,21H,3,12-13,15H2,1-2H3. The van der Waals surface area contributed by atoms with E-state index >= 15 is 0 Å². The van der Waals surface area contributed by atoms with Crippen LogP contribution in [-0.4, -0.2) is 33.7 Å². The maximum atomic E-state index is 12.8. The fraction of sp³-hybridized carbons (Fsp3) is 0.300. The third-order valence-electron chi connectivity index (χ3n) is 4.20. The molecule has 1 amide bonds. The lowest BCUT2D eigenvalue weighted by Crippen LogP contribution is -2.33. The Labute approximate surface area is 158 Å². The van der Waals surface area contributed by atoms with Crippen LogP contribution in [0.15, 0.2) is 54.9 Å². The van der Waals surface area contributed by atoms with E-state index in [-0.39, 0.29) is 5.91 Å². The van der Waals surface area contributed by atoms with Gasteiger partial charge in [0.05, 0.1) is 6.54 Å². The van der Waals surface area contributed by atoms with Crippen molar-refractivity contribution < 1.29 is 4.79 Å². The van der Waals surface area contributed by atoms with E-state index in [9.17, 15) is 4.79 Å². The molecule has 0 spiro atoms. The van der Waals surface area contributed by atoms with Gasteiger partial charge in [0.2, 0.25) is 0 Å². The number of carbonyl (C=O) groups excluding carboxylic acids is 1. The molecule has 1 N–H and O–H groups in total.